The molecule has 0 radical (unpaired) electrons. The van der Waals surface area contributed by atoms with Gasteiger partial charge in [-0.1, -0.05) is 13.8 Å². The fraction of sp³-hybridized carbons (Fsp3) is 0.692. The van der Waals surface area contributed by atoms with Gasteiger partial charge in [0, 0.05) is 37.3 Å². The molecule has 0 saturated carbocycles. The van der Waals surface area contributed by atoms with Gasteiger partial charge in [-0.2, -0.15) is 0 Å². The van der Waals surface area contributed by atoms with Crippen LogP contribution in [0, 0.1) is 5.92 Å². The van der Waals surface area contributed by atoms with Gasteiger partial charge in [0.2, 0.25) is 0 Å². The molecule has 7 heteroatoms. The summed E-state index contributed by atoms with van der Waals surface area (Å²) in [6.45, 7) is 8.40. The minimum Gasteiger partial charge on any atom is -0.379 e. The second-order valence-electron chi connectivity index (χ2n) is 5.13. The molecule has 0 unspecified atom stereocenters. The highest BCUT2D eigenvalue weighted by atomic mass is 32.1. The van der Waals surface area contributed by atoms with Gasteiger partial charge in [0.25, 0.3) is 0 Å². The third-order valence-corrected chi connectivity index (χ3v) is 4.10. The number of amides is 2. The third kappa shape index (κ3) is 4.43. The first kappa shape index (κ1) is 15.2. The molecule has 1 aliphatic heterocycles. The molecule has 112 valence electrons. The van der Waals surface area contributed by atoms with Crippen LogP contribution in [0.15, 0.2) is 11.6 Å². The summed E-state index contributed by atoms with van der Waals surface area (Å²) in [5.41, 5.74) is 0. The number of carbonyl (C=O) groups is 1. The van der Waals surface area contributed by atoms with E-state index < -0.39 is 0 Å². The van der Waals surface area contributed by atoms with E-state index in [9.17, 15) is 4.79 Å². The highest BCUT2D eigenvalue weighted by Gasteiger charge is 2.24. The van der Waals surface area contributed by atoms with Gasteiger partial charge in [0.15, 0.2) is 5.13 Å². The summed E-state index contributed by atoms with van der Waals surface area (Å²) < 4.78 is 5.38. The van der Waals surface area contributed by atoms with Crippen molar-refractivity contribution >= 4 is 22.5 Å². The van der Waals surface area contributed by atoms with Crippen molar-refractivity contribution in [1.29, 1.82) is 0 Å². The smallest absolute Gasteiger partial charge is 0.321 e. The van der Waals surface area contributed by atoms with Crippen LogP contribution in [0.4, 0.5) is 9.93 Å². The number of ether oxygens (including phenoxy) is 1. The van der Waals surface area contributed by atoms with Gasteiger partial charge in [-0.3, -0.25) is 10.2 Å². The second-order valence-corrected chi connectivity index (χ2v) is 6.03. The minimum absolute atomic E-state index is 0.196. The molecule has 1 atom stereocenters. The Labute approximate surface area is 123 Å². The normalized spacial score (nSPS) is 17.9. The SMILES string of the molecule is CC(C)[C@H](CNC(=O)Nc1nccs1)N1CCOCC1. The number of anilines is 1. The summed E-state index contributed by atoms with van der Waals surface area (Å²) in [5.74, 6) is 0.480. The summed E-state index contributed by atoms with van der Waals surface area (Å²) in [6.07, 6.45) is 1.67. The molecule has 20 heavy (non-hydrogen) atoms. The van der Waals surface area contributed by atoms with Crippen LogP contribution in [0.1, 0.15) is 13.8 Å². The summed E-state index contributed by atoms with van der Waals surface area (Å²) in [5, 5.41) is 8.12. The molecule has 0 aliphatic carbocycles. The number of morpholine rings is 1. The maximum atomic E-state index is 11.8. The topological polar surface area (TPSA) is 66.5 Å². The number of carbonyl (C=O) groups excluding carboxylic acids is 1. The van der Waals surface area contributed by atoms with Gasteiger partial charge in [-0.25, -0.2) is 9.78 Å². The quantitative estimate of drug-likeness (QED) is 0.867. The summed E-state index contributed by atoms with van der Waals surface area (Å²) >= 11 is 1.41. The molecule has 0 spiro atoms. The van der Waals surface area contributed by atoms with Crippen LogP contribution in [0.5, 0.6) is 0 Å². The Bertz CT molecular complexity index is 405. The van der Waals surface area contributed by atoms with Crippen LogP contribution in [0.3, 0.4) is 0 Å². The first-order valence-corrected chi connectivity index (χ1v) is 7.81. The van der Waals surface area contributed by atoms with Crippen molar-refractivity contribution in [1.82, 2.24) is 15.2 Å². The summed E-state index contributed by atoms with van der Waals surface area (Å²) in [6, 6.07) is 0.139. The number of hydrogen-bond acceptors (Lipinski definition) is 5. The van der Waals surface area contributed by atoms with Crippen molar-refractivity contribution in [2.24, 2.45) is 5.92 Å². The Hall–Kier alpha value is -1.18. The highest BCUT2D eigenvalue weighted by molar-refractivity contribution is 7.13. The molecule has 0 aromatic carbocycles. The Kier molecular flexibility index (Phi) is 5.75. The first-order chi connectivity index (χ1) is 9.66. The molecule has 1 aromatic rings. The van der Waals surface area contributed by atoms with E-state index in [0.717, 1.165) is 26.3 Å². The van der Waals surface area contributed by atoms with Crippen molar-refractivity contribution in [3.05, 3.63) is 11.6 Å². The van der Waals surface area contributed by atoms with Crippen LogP contribution < -0.4 is 10.6 Å². The maximum Gasteiger partial charge on any atom is 0.321 e. The van der Waals surface area contributed by atoms with E-state index in [2.05, 4.69) is 34.4 Å². The van der Waals surface area contributed by atoms with Crippen molar-refractivity contribution in [2.75, 3.05) is 38.2 Å². The van der Waals surface area contributed by atoms with Crippen LogP contribution >= 0.6 is 11.3 Å². The fourth-order valence-electron chi connectivity index (χ4n) is 2.32. The largest absolute Gasteiger partial charge is 0.379 e. The van der Waals surface area contributed by atoms with E-state index in [0.29, 0.717) is 23.6 Å². The Morgan fingerprint density at radius 1 is 1.50 bits per heavy atom. The summed E-state index contributed by atoms with van der Waals surface area (Å²) in [7, 11) is 0. The Morgan fingerprint density at radius 2 is 2.25 bits per heavy atom. The van der Waals surface area contributed by atoms with E-state index in [4.69, 9.17) is 4.74 Å². The third-order valence-electron chi connectivity index (χ3n) is 3.41. The highest BCUT2D eigenvalue weighted by Crippen LogP contribution is 2.13. The van der Waals surface area contributed by atoms with Gasteiger partial charge < -0.3 is 10.1 Å². The van der Waals surface area contributed by atoms with Crippen LogP contribution in [-0.4, -0.2) is 54.8 Å². The molecule has 6 nitrogen and oxygen atoms in total. The molecule has 2 amide bonds. The number of aromatic nitrogens is 1. The minimum atomic E-state index is -0.196. The number of rotatable bonds is 5. The van der Waals surface area contributed by atoms with Gasteiger partial charge in [0.1, 0.15) is 0 Å². The van der Waals surface area contributed by atoms with Gasteiger partial charge >= 0.3 is 6.03 Å². The number of nitrogens with zero attached hydrogens (tertiary/aromatic N) is 2. The van der Waals surface area contributed by atoms with Crippen molar-refractivity contribution in [3.8, 4) is 0 Å². The first-order valence-electron chi connectivity index (χ1n) is 6.93. The molecule has 1 aromatic heterocycles. The molecule has 1 aliphatic rings. The lowest BCUT2D eigenvalue weighted by Crippen LogP contribution is -2.51. The fourth-order valence-corrected chi connectivity index (χ4v) is 2.84. The monoisotopic (exact) mass is 298 g/mol. The van der Waals surface area contributed by atoms with Crippen molar-refractivity contribution < 1.29 is 9.53 Å². The van der Waals surface area contributed by atoms with E-state index in [-0.39, 0.29) is 6.03 Å². The standard InChI is InChI=1S/C13H22N4O2S/c1-10(2)11(17-4-6-19-7-5-17)9-15-12(18)16-13-14-3-8-20-13/h3,8,10-11H,4-7,9H2,1-2H3,(H2,14,15,16,18)/t11-/m0/s1. The zero-order valence-corrected chi connectivity index (χ0v) is 12.8. The lowest BCUT2D eigenvalue weighted by Gasteiger charge is -2.36. The van der Waals surface area contributed by atoms with Crippen LogP contribution in [0.2, 0.25) is 0 Å². The Morgan fingerprint density at radius 3 is 2.85 bits per heavy atom. The number of urea groups is 1. The van der Waals surface area contributed by atoms with Crippen LogP contribution in [0.25, 0.3) is 0 Å². The van der Waals surface area contributed by atoms with Gasteiger partial charge in [-0.15, -0.1) is 11.3 Å². The molecule has 1 fully saturated rings. The number of thiazole rings is 1. The lowest BCUT2D eigenvalue weighted by atomic mass is 10.0. The van der Waals surface area contributed by atoms with E-state index in [1.54, 1.807) is 6.20 Å². The molecular formula is C13H22N4O2S. The van der Waals surface area contributed by atoms with Crippen LogP contribution in [-0.2, 0) is 4.74 Å². The zero-order valence-electron chi connectivity index (χ0n) is 12.0. The molecule has 2 N–H and O–H groups in total. The molecular weight excluding hydrogens is 276 g/mol. The molecule has 1 saturated heterocycles. The zero-order chi connectivity index (χ0) is 14.4. The predicted molar refractivity (Wildman–Crippen MR) is 80.2 cm³/mol. The van der Waals surface area contributed by atoms with Crippen molar-refractivity contribution in [2.45, 2.75) is 19.9 Å². The predicted octanol–water partition coefficient (Wildman–Crippen LogP) is 1.62. The van der Waals surface area contributed by atoms with Crippen molar-refractivity contribution in [3.63, 3.8) is 0 Å². The molecule has 2 heterocycles. The number of nitrogens with one attached hydrogen (secondary N) is 2. The van der Waals surface area contributed by atoms with E-state index in [1.807, 2.05) is 5.38 Å². The average molecular weight is 298 g/mol. The molecule has 2 rings (SSSR count). The Balaban J connectivity index is 1.80. The molecule has 0 bridgehead atoms. The summed E-state index contributed by atoms with van der Waals surface area (Å²) in [4.78, 5) is 18.2. The number of hydrogen-bond donors (Lipinski definition) is 2. The van der Waals surface area contributed by atoms with E-state index in [1.165, 1.54) is 11.3 Å². The van der Waals surface area contributed by atoms with E-state index >= 15 is 0 Å². The van der Waals surface area contributed by atoms with Gasteiger partial charge in [-0.05, 0) is 5.92 Å². The lowest BCUT2D eigenvalue weighted by molar-refractivity contribution is 0.00728. The second kappa shape index (κ2) is 7.56. The average Bonchev–Trinajstić information content (AvgIpc) is 2.92. The maximum absolute atomic E-state index is 11.8. The van der Waals surface area contributed by atoms with Gasteiger partial charge in [0.05, 0.1) is 13.2 Å².